The van der Waals surface area contributed by atoms with E-state index in [4.69, 9.17) is 0 Å². The second-order valence-electron chi connectivity index (χ2n) is 2.33. The minimum absolute atomic E-state index is 0.810. The Labute approximate surface area is 62.1 Å². The first kappa shape index (κ1) is 6.94. The third kappa shape index (κ3) is 1.39. The van der Waals surface area contributed by atoms with Crippen LogP contribution in [0.2, 0.25) is 0 Å². The van der Waals surface area contributed by atoms with Crippen molar-refractivity contribution in [1.29, 1.82) is 0 Å². The zero-order valence-corrected chi connectivity index (χ0v) is 6.51. The predicted molar refractivity (Wildman–Crippen MR) is 44.8 cm³/mol. The summed E-state index contributed by atoms with van der Waals surface area (Å²) < 4.78 is 0. The Bertz CT molecular complexity index is 108. The lowest BCUT2D eigenvalue weighted by Crippen LogP contribution is -1.79. The van der Waals surface area contributed by atoms with Crippen LogP contribution < -0.4 is 0 Å². The molecular formula is C8H12S. The zero-order valence-electron chi connectivity index (χ0n) is 5.62. The molecular weight excluding hydrogens is 128 g/mol. The fourth-order valence-corrected chi connectivity index (χ4v) is 1.33. The molecule has 0 amide bonds. The molecule has 0 unspecified atom stereocenters. The highest BCUT2D eigenvalue weighted by molar-refractivity contribution is 7.79. The number of hydrogen-bond acceptors (Lipinski definition) is 1. The van der Waals surface area contributed by atoms with Crippen LogP contribution in [0.3, 0.4) is 0 Å². The van der Waals surface area contributed by atoms with Crippen molar-refractivity contribution in [2.75, 3.05) is 6.26 Å². The number of hydrogen-bond donors (Lipinski definition) is 1. The van der Waals surface area contributed by atoms with Crippen molar-refractivity contribution in [3.63, 3.8) is 0 Å². The molecule has 0 saturated carbocycles. The maximum Gasteiger partial charge on any atom is -0.00445 e. The van der Waals surface area contributed by atoms with Crippen LogP contribution in [0, 0.1) is 11.8 Å². The van der Waals surface area contributed by atoms with E-state index in [1.807, 2.05) is 0 Å². The molecule has 0 aliphatic heterocycles. The molecule has 0 saturated heterocycles. The highest BCUT2D eigenvalue weighted by atomic mass is 32.1. The highest BCUT2D eigenvalue weighted by Gasteiger charge is 2.19. The lowest BCUT2D eigenvalue weighted by Gasteiger charge is -1.88. The van der Waals surface area contributed by atoms with Crippen LogP contribution in [0.4, 0.5) is 0 Å². The second-order valence-corrected chi connectivity index (χ2v) is 2.33. The minimum Gasteiger partial charge on any atom is -0.183 e. The largest absolute Gasteiger partial charge is 0.183 e. The van der Waals surface area contributed by atoms with Gasteiger partial charge in [0.05, 0.1) is 0 Å². The third-order valence-electron chi connectivity index (χ3n) is 1.76. The average Bonchev–Trinajstić information content (AvgIpc) is 2.53. The van der Waals surface area contributed by atoms with E-state index in [2.05, 4.69) is 36.9 Å². The summed E-state index contributed by atoms with van der Waals surface area (Å²) in [6.45, 7) is 0. The highest BCUT2D eigenvalue weighted by Crippen LogP contribution is 2.31. The molecule has 0 N–H and O–H groups in total. The Morgan fingerprint density at radius 2 is 1.33 bits per heavy atom. The Hall–Kier alpha value is -0.170. The second kappa shape index (κ2) is 3.11. The Kier molecular flexibility index (Phi) is 2.40. The van der Waals surface area contributed by atoms with E-state index in [1.54, 1.807) is 6.26 Å². The molecule has 2 rings (SSSR count). The molecule has 0 aromatic carbocycles. The van der Waals surface area contributed by atoms with Crippen LogP contribution in [0.15, 0.2) is 24.3 Å². The van der Waals surface area contributed by atoms with Crippen molar-refractivity contribution in [2.24, 2.45) is 11.8 Å². The summed E-state index contributed by atoms with van der Waals surface area (Å²) >= 11 is 3.53. The van der Waals surface area contributed by atoms with E-state index < -0.39 is 0 Å². The number of rotatable bonds is 0. The first-order chi connectivity index (χ1) is 4.45. The van der Waals surface area contributed by atoms with Gasteiger partial charge in [-0.15, -0.1) is 0 Å². The third-order valence-corrected chi connectivity index (χ3v) is 1.76. The van der Waals surface area contributed by atoms with Crippen molar-refractivity contribution < 1.29 is 0 Å². The van der Waals surface area contributed by atoms with Crippen molar-refractivity contribution in [3.05, 3.63) is 24.3 Å². The Morgan fingerprint density at radius 3 is 1.44 bits per heavy atom. The van der Waals surface area contributed by atoms with Gasteiger partial charge in [0, 0.05) is 0 Å². The van der Waals surface area contributed by atoms with Crippen LogP contribution in [0.25, 0.3) is 0 Å². The fraction of sp³-hybridized carbons (Fsp3) is 0.500. The van der Waals surface area contributed by atoms with Gasteiger partial charge in [-0.2, -0.15) is 12.6 Å². The predicted octanol–water partition coefficient (Wildman–Crippen LogP) is 2.29. The van der Waals surface area contributed by atoms with Crippen LogP contribution in [0.1, 0.15) is 6.42 Å². The lowest BCUT2D eigenvalue weighted by atomic mass is 10.2. The van der Waals surface area contributed by atoms with Gasteiger partial charge in [-0.25, -0.2) is 0 Å². The van der Waals surface area contributed by atoms with E-state index in [1.165, 1.54) is 6.42 Å². The summed E-state index contributed by atoms with van der Waals surface area (Å²) in [6, 6.07) is 0. The van der Waals surface area contributed by atoms with E-state index in [0.29, 0.717) is 0 Å². The first-order valence-electron chi connectivity index (χ1n) is 3.26. The minimum atomic E-state index is 0.810. The molecule has 0 fully saturated rings. The average molecular weight is 140 g/mol. The van der Waals surface area contributed by atoms with Crippen LogP contribution >= 0.6 is 12.6 Å². The summed E-state index contributed by atoms with van der Waals surface area (Å²) in [7, 11) is 0. The maximum atomic E-state index is 3.53. The molecule has 2 bridgehead atoms. The molecule has 0 atom stereocenters. The molecule has 2 aliphatic rings. The van der Waals surface area contributed by atoms with Crippen molar-refractivity contribution in [3.8, 4) is 0 Å². The van der Waals surface area contributed by atoms with Crippen molar-refractivity contribution >= 4 is 12.6 Å². The quantitative estimate of drug-likeness (QED) is 0.387. The van der Waals surface area contributed by atoms with Crippen LogP contribution in [-0.2, 0) is 0 Å². The van der Waals surface area contributed by atoms with Gasteiger partial charge in [-0.05, 0) is 24.5 Å². The van der Waals surface area contributed by atoms with Crippen molar-refractivity contribution in [1.82, 2.24) is 0 Å². The maximum absolute atomic E-state index is 3.53. The molecule has 50 valence electrons. The molecule has 0 heterocycles. The summed E-state index contributed by atoms with van der Waals surface area (Å²) in [5, 5.41) is 0. The van der Waals surface area contributed by atoms with E-state index in [9.17, 15) is 0 Å². The molecule has 0 aromatic rings. The standard InChI is InChI=1S/C7H8.CH4S/c1-2-7-4-3-6(1)5-7;1-2/h1-4,6-7H,5H2;2H,1H3. The summed E-state index contributed by atoms with van der Waals surface area (Å²) in [6.07, 6.45) is 12.2. The molecule has 0 aromatic heterocycles. The zero-order chi connectivity index (χ0) is 6.69. The topological polar surface area (TPSA) is 0 Å². The summed E-state index contributed by atoms with van der Waals surface area (Å²) in [5.41, 5.74) is 0. The van der Waals surface area contributed by atoms with E-state index >= 15 is 0 Å². The molecule has 0 radical (unpaired) electrons. The van der Waals surface area contributed by atoms with Gasteiger partial charge in [0.2, 0.25) is 0 Å². The summed E-state index contributed by atoms with van der Waals surface area (Å²) in [4.78, 5) is 0. The van der Waals surface area contributed by atoms with Gasteiger partial charge in [0.1, 0.15) is 0 Å². The van der Waals surface area contributed by atoms with Crippen molar-refractivity contribution in [2.45, 2.75) is 6.42 Å². The molecule has 2 aliphatic carbocycles. The molecule has 0 nitrogen and oxygen atoms in total. The fourth-order valence-electron chi connectivity index (χ4n) is 1.33. The molecule has 1 heteroatoms. The number of allylic oxidation sites excluding steroid dienone is 4. The van der Waals surface area contributed by atoms with Gasteiger partial charge in [0.15, 0.2) is 0 Å². The first-order valence-corrected chi connectivity index (χ1v) is 4.16. The van der Waals surface area contributed by atoms with Gasteiger partial charge in [-0.3, -0.25) is 0 Å². The van der Waals surface area contributed by atoms with E-state index in [-0.39, 0.29) is 0 Å². The van der Waals surface area contributed by atoms with Gasteiger partial charge in [0.25, 0.3) is 0 Å². The molecule has 9 heavy (non-hydrogen) atoms. The van der Waals surface area contributed by atoms with Gasteiger partial charge in [-0.1, -0.05) is 24.3 Å². The smallest absolute Gasteiger partial charge is 0.00445 e. The normalized spacial score (nSPS) is 34.4. The summed E-state index contributed by atoms with van der Waals surface area (Å²) in [5.74, 6) is 1.62. The van der Waals surface area contributed by atoms with Gasteiger partial charge >= 0.3 is 0 Å². The van der Waals surface area contributed by atoms with Gasteiger partial charge < -0.3 is 0 Å². The SMILES string of the molecule is C1=CC2C=CC1C2.CS. The Balaban J connectivity index is 0.000000186. The monoisotopic (exact) mass is 140 g/mol. The van der Waals surface area contributed by atoms with E-state index in [0.717, 1.165) is 11.8 Å². The number of fused-ring (bicyclic) bond motifs is 2. The lowest BCUT2D eigenvalue weighted by molar-refractivity contribution is 0.732. The molecule has 0 spiro atoms. The van der Waals surface area contributed by atoms with Crippen LogP contribution in [0.5, 0.6) is 0 Å². The number of thiol groups is 1. The van der Waals surface area contributed by atoms with Crippen LogP contribution in [-0.4, -0.2) is 6.26 Å². The Morgan fingerprint density at radius 1 is 1.00 bits per heavy atom.